The van der Waals surface area contributed by atoms with E-state index in [-0.39, 0.29) is 11.7 Å². The topological polar surface area (TPSA) is 26.3 Å². The molecule has 1 unspecified atom stereocenters. The van der Waals surface area contributed by atoms with Crippen molar-refractivity contribution in [2.45, 2.75) is 19.8 Å². The minimum absolute atomic E-state index is 0.00815. The molecule has 0 aromatic heterocycles. The average Bonchev–Trinajstić information content (AvgIpc) is 2.80. The van der Waals surface area contributed by atoms with Crippen LogP contribution in [0.25, 0.3) is 5.57 Å². The molecule has 0 saturated heterocycles. The quantitative estimate of drug-likeness (QED) is 0.841. The summed E-state index contributed by atoms with van der Waals surface area (Å²) >= 11 is 0. The van der Waals surface area contributed by atoms with Crippen molar-refractivity contribution in [3.8, 4) is 5.75 Å². The fourth-order valence-electron chi connectivity index (χ4n) is 3.22. The molecule has 3 rings (SSSR count). The summed E-state index contributed by atoms with van der Waals surface area (Å²) in [6.07, 6.45) is 0. The number of carbonyl (C=O) groups excluding carboxylic acids is 1. The number of methoxy groups -OCH3 is 1. The lowest BCUT2D eigenvalue weighted by molar-refractivity contribution is -0.113. The summed E-state index contributed by atoms with van der Waals surface area (Å²) in [5, 5.41) is 0. The molecule has 0 radical (unpaired) electrons. The van der Waals surface area contributed by atoms with Crippen LogP contribution in [0.5, 0.6) is 5.75 Å². The van der Waals surface area contributed by atoms with Gasteiger partial charge in [-0.3, -0.25) is 4.79 Å². The summed E-state index contributed by atoms with van der Waals surface area (Å²) < 4.78 is 5.35. The number of fused-ring (bicyclic) bond motifs is 1. The van der Waals surface area contributed by atoms with Gasteiger partial charge in [0.15, 0.2) is 5.78 Å². The van der Waals surface area contributed by atoms with Crippen LogP contribution in [0.3, 0.4) is 0 Å². The average molecular weight is 278 g/mol. The number of benzene rings is 2. The van der Waals surface area contributed by atoms with Gasteiger partial charge in [0.1, 0.15) is 5.75 Å². The normalized spacial score (nSPS) is 16.8. The molecule has 1 atom stereocenters. The van der Waals surface area contributed by atoms with Gasteiger partial charge in [0.25, 0.3) is 0 Å². The molecule has 0 aliphatic heterocycles. The predicted octanol–water partition coefficient (Wildman–Crippen LogP) is 4.20. The molecule has 2 aromatic rings. The molecule has 2 aromatic carbocycles. The van der Waals surface area contributed by atoms with Crippen LogP contribution in [0.15, 0.2) is 54.1 Å². The molecule has 0 bridgehead atoms. The Labute approximate surface area is 125 Å². The van der Waals surface area contributed by atoms with E-state index in [1.54, 1.807) is 14.0 Å². The van der Waals surface area contributed by atoms with Crippen LogP contribution in [0, 0.1) is 0 Å². The molecule has 0 N–H and O–H groups in total. The maximum atomic E-state index is 12.2. The first-order valence-electron chi connectivity index (χ1n) is 7.08. The number of allylic oxidation sites excluding steroid dienone is 2. The van der Waals surface area contributed by atoms with E-state index in [0.29, 0.717) is 0 Å². The Morgan fingerprint density at radius 1 is 1.10 bits per heavy atom. The lowest BCUT2D eigenvalue weighted by Gasteiger charge is -2.16. The highest BCUT2D eigenvalue weighted by Gasteiger charge is 2.33. The van der Waals surface area contributed by atoms with E-state index in [2.05, 4.69) is 18.2 Å². The lowest BCUT2D eigenvalue weighted by Crippen LogP contribution is -2.07. The molecule has 0 saturated carbocycles. The van der Waals surface area contributed by atoms with E-state index >= 15 is 0 Å². The minimum Gasteiger partial charge on any atom is -0.497 e. The van der Waals surface area contributed by atoms with Crippen LogP contribution in [0.1, 0.15) is 36.5 Å². The molecule has 2 nitrogen and oxygen atoms in total. The van der Waals surface area contributed by atoms with Gasteiger partial charge in [0.2, 0.25) is 0 Å². The first kappa shape index (κ1) is 13.6. The smallest absolute Gasteiger partial charge is 0.157 e. The van der Waals surface area contributed by atoms with Gasteiger partial charge < -0.3 is 4.74 Å². The van der Waals surface area contributed by atoms with Gasteiger partial charge in [-0.05, 0) is 48.2 Å². The van der Waals surface area contributed by atoms with Gasteiger partial charge in [-0.15, -0.1) is 0 Å². The van der Waals surface area contributed by atoms with E-state index in [1.165, 1.54) is 0 Å². The second kappa shape index (κ2) is 5.21. The number of Topliss-reactive ketones (excluding diaryl/α,β-unsaturated/α-hetero) is 1. The van der Waals surface area contributed by atoms with Gasteiger partial charge >= 0.3 is 0 Å². The molecule has 2 heteroatoms. The van der Waals surface area contributed by atoms with Crippen molar-refractivity contribution in [1.29, 1.82) is 0 Å². The Hall–Kier alpha value is -2.35. The molecule has 106 valence electrons. The number of hydrogen-bond acceptors (Lipinski definition) is 2. The number of hydrogen-bond donors (Lipinski definition) is 0. The second-order valence-electron chi connectivity index (χ2n) is 5.39. The summed E-state index contributed by atoms with van der Waals surface area (Å²) in [6, 6.07) is 16.2. The van der Waals surface area contributed by atoms with E-state index in [0.717, 1.165) is 33.6 Å². The number of ether oxygens (including phenoxy) is 1. The standard InChI is InChI=1S/C19H18O2/c1-12-16-10-9-15(21-3)11-17(16)19(18(12)13(2)20)14-7-5-4-6-8-14/h4-11,19H,1-3H3. The summed E-state index contributed by atoms with van der Waals surface area (Å²) in [6.45, 7) is 3.68. The molecule has 1 aliphatic rings. The fourth-order valence-corrected chi connectivity index (χ4v) is 3.22. The fraction of sp³-hybridized carbons (Fsp3) is 0.211. The van der Waals surface area contributed by atoms with Crippen LogP contribution in [0.4, 0.5) is 0 Å². The van der Waals surface area contributed by atoms with Crippen molar-refractivity contribution in [3.63, 3.8) is 0 Å². The third-order valence-corrected chi connectivity index (χ3v) is 4.18. The highest BCUT2D eigenvalue weighted by atomic mass is 16.5. The Bertz CT molecular complexity index is 726. The van der Waals surface area contributed by atoms with Crippen LogP contribution in [0.2, 0.25) is 0 Å². The summed E-state index contributed by atoms with van der Waals surface area (Å²) in [5.74, 6) is 0.970. The molecule has 0 amide bonds. The largest absolute Gasteiger partial charge is 0.497 e. The number of carbonyl (C=O) groups is 1. The van der Waals surface area contributed by atoms with Crippen LogP contribution in [-0.4, -0.2) is 12.9 Å². The molecule has 0 heterocycles. The Balaban J connectivity index is 2.24. The van der Waals surface area contributed by atoms with Gasteiger partial charge in [0, 0.05) is 11.5 Å². The zero-order valence-corrected chi connectivity index (χ0v) is 12.5. The highest BCUT2D eigenvalue weighted by molar-refractivity contribution is 6.06. The van der Waals surface area contributed by atoms with Gasteiger partial charge in [-0.25, -0.2) is 0 Å². The number of ketones is 1. The summed E-state index contributed by atoms with van der Waals surface area (Å²) in [7, 11) is 1.67. The van der Waals surface area contributed by atoms with Gasteiger partial charge in [-0.2, -0.15) is 0 Å². The van der Waals surface area contributed by atoms with E-state index in [4.69, 9.17) is 4.74 Å². The SMILES string of the molecule is COc1ccc2c(c1)C(c1ccccc1)C(C(C)=O)=C2C. The zero-order chi connectivity index (χ0) is 15.0. The Morgan fingerprint density at radius 3 is 2.43 bits per heavy atom. The monoisotopic (exact) mass is 278 g/mol. The molecule has 0 fully saturated rings. The third-order valence-electron chi connectivity index (χ3n) is 4.18. The zero-order valence-electron chi connectivity index (χ0n) is 12.5. The second-order valence-corrected chi connectivity index (χ2v) is 5.39. The molecular formula is C19H18O2. The van der Waals surface area contributed by atoms with Crippen molar-refractivity contribution >= 4 is 11.4 Å². The summed E-state index contributed by atoms with van der Waals surface area (Å²) in [5.41, 5.74) is 5.42. The van der Waals surface area contributed by atoms with Crippen molar-refractivity contribution in [3.05, 3.63) is 70.8 Å². The maximum absolute atomic E-state index is 12.2. The van der Waals surface area contributed by atoms with Crippen molar-refractivity contribution in [1.82, 2.24) is 0 Å². The Morgan fingerprint density at radius 2 is 1.81 bits per heavy atom. The molecule has 1 aliphatic carbocycles. The van der Waals surface area contributed by atoms with Crippen molar-refractivity contribution < 1.29 is 9.53 Å². The van der Waals surface area contributed by atoms with E-state index in [1.807, 2.05) is 37.3 Å². The molecule has 21 heavy (non-hydrogen) atoms. The first-order chi connectivity index (χ1) is 10.1. The van der Waals surface area contributed by atoms with Crippen molar-refractivity contribution in [2.24, 2.45) is 0 Å². The van der Waals surface area contributed by atoms with Crippen molar-refractivity contribution in [2.75, 3.05) is 7.11 Å². The minimum atomic E-state index is 0.00815. The van der Waals surface area contributed by atoms with Crippen LogP contribution >= 0.6 is 0 Å². The predicted molar refractivity (Wildman–Crippen MR) is 84.6 cm³/mol. The van der Waals surface area contributed by atoms with Gasteiger partial charge in [0.05, 0.1) is 7.11 Å². The van der Waals surface area contributed by atoms with Crippen LogP contribution < -0.4 is 4.74 Å². The molecule has 0 spiro atoms. The highest BCUT2D eigenvalue weighted by Crippen LogP contribution is 2.46. The third kappa shape index (κ3) is 2.17. The van der Waals surface area contributed by atoms with E-state index < -0.39 is 0 Å². The molecular weight excluding hydrogens is 260 g/mol. The number of rotatable bonds is 3. The summed E-state index contributed by atoms with van der Waals surface area (Å²) in [4.78, 5) is 12.2. The maximum Gasteiger partial charge on any atom is 0.157 e. The lowest BCUT2D eigenvalue weighted by atomic mass is 9.87. The van der Waals surface area contributed by atoms with Gasteiger partial charge in [-0.1, -0.05) is 36.4 Å². The first-order valence-corrected chi connectivity index (χ1v) is 7.08. The van der Waals surface area contributed by atoms with Crippen LogP contribution in [-0.2, 0) is 4.79 Å². The van der Waals surface area contributed by atoms with E-state index in [9.17, 15) is 4.79 Å². The Kier molecular flexibility index (Phi) is 3.38.